The minimum atomic E-state index is -0.934. The minimum absolute atomic E-state index is 0.0449. The lowest BCUT2D eigenvalue weighted by Gasteiger charge is -2.26. The van der Waals surface area contributed by atoms with E-state index in [1.165, 1.54) is 18.6 Å². The van der Waals surface area contributed by atoms with Crippen molar-refractivity contribution in [2.24, 2.45) is 0 Å². The van der Waals surface area contributed by atoms with Gasteiger partial charge in [0, 0.05) is 25.4 Å². The molecule has 1 aliphatic rings. The van der Waals surface area contributed by atoms with Crippen molar-refractivity contribution < 1.29 is 13.6 Å². The van der Waals surface area contributed by atoms with Crippen LogP contribution in [0, 0.1) is 11.6 Å². The number of hydrogen-bond donors (Lipinski definition) is 0. The van der Waals surface area contributed by atoms with Gasteiger partial charge < -0.3 is 4.90 Å². The zero-order valence-electron chi connectivity index (χ0n) is 13.5. The Hall–Kier alpha value is -2.83. The molecule has 7 heteroatoms. The first kappa shape index (κ1) is 15.7. The van der Waals surface area contributed by atoms with Gasteiger partial charge in [0.25, 0.3) is 5.91 Å². The minimum Gasteiger partial charge on any atom is -0.339 e. The summed E-state index contributed by atoms with van der Waals surface area (Å²) in [6.07, 6.45) is 6.19. The van der Waals surface area contributed by atoms with Gasteiger partial charge in [-0.15, -0.1) is 0 Å². The van der Waals surface area contributed by atoms with Gasteiger partial charge in [-0.05, 0) is 37.5 Å². The van der Waals surface area contributed by atoms with Crippen LogP contribution in [-0.4, -0.2) is 38.4 Å². The maximum absolute atomic E-state index is 13.5. The standard InChI is InChI=1S/C18H16F2N4O/c19-14-5-4-13(9-15(14)20)24-11-22-16-8-12(10-21-17(16)24)18(25)23-6-2-1-3-7-23/h4-5,8-11H,1-3,6-7H2. The van der Waals surface area contributed by atoms with Crippen LogP contribution >= 0.6 is 0 Å². The number of likely N-dealkylation sites (tertiary alicyclic amines) is 1. The zero-order valence-corrected chi connectivity index (χ0v) is 13.5. The molecule has 0 spiro atoms. The first-order valence-corrected chi connectivity index (χ1v) is 8.21. The Labute approximate surface area is 142 Å². The van der Waals surface area contributed by atoms with Gasteiger partial charge in [0.2, 0.25) is 0 Å². The van der Waals surface area contributed by atoms with E-state index in [9.17, 15) is 13.6 Å². The van der Waals surface area contributed by atoms with Gasteiger partial charge in [-0.2, -0.15) is 0 Å². The molecule has 5 nitrogen and oxygen atoms in total. The maximum Gasteiger partial charge on any atom is 0.255 e. The van der Waals surface area contributed by atoms with E-state index in [2.05, 4.69) is 9.97 Å². The highest BCUT2D eigenvalue weighted by atomic mass is 19.2. The molecule has 1 aromatic carbocycles. The molecule has 1 saturated heterocycles. The molecule has 0 unspecified atom stereocenters. The predicted molar refractivity (Wildman–Crippen MR) is 88.5 cm³/mol. The van der Waals surface area contributed by atoms with Crippen LogP contribution in [0.1, 0.15) is 29.6 Å². The largest absolute Gasteiger partial charge is 0.339 e. The van der Waals surface area contributed by atoms with Crippen molar-refractivity contribution in [1.29, 1.82) is 0 Å². The van der Waals surface area contributed by atoms with Crippen molar-refractivity contribution in [1.82, 2.24) is 19.4 Å². The average molecular weight is 342 g/mol. The van der Waals surface area contributed by atoms with Gasteiger partial charge in [-0.1, -0.05) is 0 Å². The van der Waals surface area contributed by atoms with Crippen LogP contribution in [0.2, 0.25) is 0 Å². The Morgan fingerprint density at radius 2 is 1.80 bits per heavy atom. The molecule has 1 fully saturated rings. The smallest absolute Gasteiger partial charge is 0.255 e. The Balaban J connectivity index is 1.69. The fourth-order valence-electron chi connectivity index (χ4n) is 3.12. The molecule has 1 aliphatic heterocycles. The summed E-state index contributed by atoms with van der Waals surface area (Å²) in [4.78, 5) is 23.0. The summed E-state index contributed by atoms with van der Waals surface area (Å²) in [5.74, 6) is -1.89. The molecule has 0 bridgehead atoms. The second-order valence-corrected chi connectivity index (χ2v) is 6.13. The van der Waals surface area contributed by atoms with E-state index in [1.807, 2.05) is 4.90 Å². The van der Waals surface area contributed by atoms with Gasteiger partial charge >= 0.3 is 0 Å². The van der Waals surface area contributed by atoms with Crippen molar-refractivity contribution in [2.45, 2.75) is 19.3 Å². The fourth-order valence-corrected chi connectivity index (χ4v) is 3.12. The third-order valence-corrected chi connectivity index (χ3v) is 4.46. The second-order valence-electron chi connectivity index (χ2n) is 6.13. The second kappa shape index (κ2) is 6.23. The number of aromatic nitrogens is 3. The lowest BCUT2D eigenvalue weighted by Crippen LogP contribution is -2.35. The summed E-state index contributed by atoms with van der Waals surface area (Å²) in [6, 6.07) is 5.29. The number of hydrogen-bond acceptors (Lipinski definition) is 3. The highest BCUT2D eigenvalue weighted by Gasteiger charge is 2.19. The molecule has 25 heavy (non-hydrogen) atoms. The number of piperidine rings is 1. The fraction of sp³-hybridized carbons (Fsp3) is 0.278. The van der Waals surface area contributed by atoms with Crippen molar-refractivity contribution in [2.75, 3.05) is 13.1 Å². The molecular weight excluding hydrogens is 326 g/mol. The van der Waals surface area contributed by atoms with Crippen molar-refractivity contribution in [3.05, 3.63) is 54.0 Å². The van der Waals surface area contributed by atoms with Gasteiger partial charge in [-0.3, -0.25) is 9.36 Å². The SMILES string of the molecule is O=C(c1cnc2c(c1)ncn2-c1ccc(F)c(F)c1)N1CCCCC1. The number of carbonyl (C=O) groups is 1. The summed E-state index contributed by atoms with van der Waals surface area (Å²) >= 11 is 0. The van der Waals surface area contributed by atoms with Gasteiger partial charge in [0.1, 0.15) is 11.8 Å². The Morgan fingerprint density at radius 1 is 1.00 bits per heavy atom. The first-order chi connectivity index (χ1) is 12.1. The monoisotopic (exact) mass is 342 g/mol. The molecule has 3 aromatic rings. The van der Waals surface area contributed by atoms with Gasteiger partial charge in [0.15, 0.2) is 17.3 Å². The van der Waals surface area contributed by atoms with Crippen molar-refractivity contribution in [3.8, 4) is 5.69 Å². The van der Waals surface area contributed by atoms with Crippen LogP contribution in [0.5, 0.6) is 0 Å². The number of fused-ring (bicyclic) bond motifs is 1. The van der Waals surface area contributed by atoms with E-state index in [4.69, 9.17) is 0 Å². The normalized spacial score (nSPS) is 14.9. The number of carbonyl (C=O) groups excluding carboxylic acids is 1. The Bertz CT molecular complexity index is 947. The molecule has 0 atom stereocenters. The predicted octanol–water partition coefficient (Wildman–Crippen LogP) is 3.32. The van der Waals surface area contributed by atoms with E-state index >= 15 is 0 Å². The van der Waals surface area contributed by atoms with Crippen LogP contribution in [0.3, 0.4) is 0 Å². The molecule has 4 rings (SSSR count). The van der Waals surface area contributed by atoms with E-state index in [0.29, 0.717) is 22.4 Å². The number of amides is 1. The molecule has 3 heterocycles. The number of benzene rings is 1. The number of nitrogens with zero attached hydrogens (tertiary/aromatic N) is 4. The Kier molecular flexibility index (Phi) is 3.91. The van der Waals surface area contributed by atoms with E-state index in [0.717, 1.165) is 44.5 Å². The van der Waals surface area contributed by atoms with Crippen LogP contribution < -0.4 is 0 Å². The molecular formula is C18H16F2N4O. The van der Waals surface area contributed by atoms with E-state index in [1.54, 1.807) is 10.6 Å². The molecule has 0 aliphatic carbocycles. The lowest BCUT2D eigenvalue weighted by molar-refractivity contribution is 0.0724. The number of pyridine rings is 1. The summed E-state index contributed by atoms with van der Waals surface area (Å²) in [7, 11) is 0. The van der Waals surface area contributed by atoms with E-state index < -0.39 is 11.6 Å². The molecule has 1 amide bonds. The first-order valence-electron chi connectivity index (χ1n) is 8.21. The quantitative estimate of drug-likeness (QED) is 0.718. The van der Waals surface area contributed by atoms with Crippen LogP contribution in [0.25, 0.3) is 16.9 Å². The summed E-state index contributed by atoms with van der Waals surface area (Å²) in [5, 5.41) is 0. The molecule has 128 valence electrons. The Morgan fingerprint density at radius 3 is 2.56 bits per heavy atom. The van der Waals surface area contributed by atoms with Crippen LogP contribution in [0.4, 0.5) is 8.78 Å². The summed E-state index contributed by atoms with van der Waals surface area (Å²) < 4.78 is 28.1. The number of halogens is 2. The molecule has 2 aromatic heterocycles. The maximum atomic E-state index is 13.5. The lowest BCUT2D eigenvalue weighted by atomic mass is 10.1. The average Bonchev–Trinajstić information content (AvgIpc) is 3.07. The third kappa shape index (κ3) is 2.86. The molecule has 0 saturated carbocycles. The van der Waals surface area contributed by atoms with Gasteiger partial charge in [-0.25, -0.2) is 18.7 Å². The highest BCUT2D eigenvalue weighted by Crippen LogP contribution is 2.20. The van der Waals surface area contributed by atoms with Crippen LogP contribution in [0.15, 0.2) is 36.8 Å². The number of imidazole rings is 1. The third-order valence-electron chi connectivity index (χ3n) is 4.46. The van der Waals surface area contributed by atoms with Crippen molar-refractivity contribution in [3.63, 3.8) is 0 Å². The molecule has 0 N–H and O–H groups in total. The zero-order chi connectivity index (χ0) is 17.4. The highest BCUT2D eigenvalue weighted by molar-refractivity contribution is 5.96. The molecule has 0 radical (unpaired) electrons. The van der Waals surface area contributed by atoms with E-state index in [-0.39, 0.29) is 5.91 Å². The summed E-state index contributed by atoms with van der Waals surface area (Å²) in [5.41, 5.74) is 1.93. The van der Waals surface area contributed by atoms with Gasteiger partial charge in [0.05, 0.1) is 11.3 Å². The topological polar surface area (TPSA) is 51.0 Å². The van der Waals surface area contributed by atoms with Crippen molar-refractivity contribution >= 4 is 17.1 Å². The number of rotatable bonds is 2. The van der Waals surface area contributed by atoms with Crippen LogP contribution in [-0.2, 0) is 0 Å². The summed E-state index contributed by atoms with van der Waals surface area (Å²) in [6.45, 7) is 1.53.